The van der Waals surface area contributed by atoms with Crippen LogP contribution in [-0.2, 0) is 107 Å². The number of allylic oxidation sites excluding steroid dienone is 1. The molecule has 0 saturated carbocycles. The number of ether oxygens (including phenoxy) is 8. The molecule has 4 saturated heterocycles. The van der Waals surface area contributed by atoms with Crippen molar-refractivity contribution in [1.29, 1.82) is 0 Å². The van der Waals surface area contributed by atoms with Gasteiger partial charge in [-0.25, -0.2) is 4.79 Å². The normalized spacial score (nSPS) is 30.6. The zero-order chi connectivity index (χ0) is 92.5. The molecule has 4 fully saturated rings. The molecular weight excluding hydrogens is 1640 g/mol. The number of nitrogens with zero attached hydrogens (tertiary/aromatic N) is 1. The molecule has 4 heterocycles. The van der Waals surface area contributed by atoms with Gasteiger partial charge in [-0.15, -0.1) is 0 Å². The highest BCUT2D eigenvalue weighted by Crippen LogP contribution is 2.31. The van der Waals surface area contributed by atoms with Crippen molar-refractivity contribution in [2.45, 2.75) is 329 Å². The van der Waals surface area contributed by atoms with Crippen molar-refractivity contribution in [1.82, 2.24) is 52.8 Å². The highest BCUT2D eigenvalue weighted by molar-refractivity contribution is 6.02. The van der Waals surface area contributed by atoms with Gasteiger partial charge >= 0.3 is 11.9 Å². The second kappa shape index (κ2) is 52.3. The van der Waals surface area contributed by atoms with Gasteiger partial charge in [0.1, 0.15) is 134 Å². The van der Waals surface area contributed by atoms with E-state index in [2.05, 4.69) is 54.8 Å². The molecule has 4 aliphatic rings. The van der Waals surface area contributed by atoms with E-state index in [0.717, 1.165) is 99.6 Å². The number of unbranched alkanes of at least 4 members (excludes halogenated alkanes) is 10. The number of nitrogens with one attached hydrogen (secondary N) is 9. The Morgan fingerprint density at radius 3 is 1.89 bits per heavy atom. The van der Waals surface area contributed by atoms with Gasteiger partial charge in [0.05, 0.1) is 44.2 Å². The third-order valence-electron chi connectivity index (χ3n) is 21.3. The number of hydrogen-bond acceptors (Lipinski definition) is 34. The minimum Gasteiger partial charge on any atom is -0.508 e. The van der Waals surface area contributed by atoms with E-state index in [-0.39, 0.29) is 43.5 Å². The summed E-state index contributed by atoms with van der Waals surface area (Å²) in [5.41, 5.74) is 10.9. The fourth-order valence-corrected chi connectivity index (χ4v) is 14.1. The van der Waals surface area contributed by atoms with Crippen LogP contribution >= 0.6 is 0 Å². The number of hydrogen-bond donors (Lipinski definition) is 23. The summed E-state index contributed by atoms with van der Waals surface area (Å²) >= 11 is 0. The summed E-state index contributed by atoms with van der Waals surface area (Å²) in [6, 6.07) is -10.8. The lowest BCUT2D eigenvalue weighted by atomic mass is 9.96. The minimum absolute atomic E-state index is 0.0125. The quantitative estimate of drug-likeness (QED) is 0.0166. The van der Waals surface area contributed by atoms with E-state index >= 15 is 19.2 Å². The molecule has 0 aliphatic carbocycles. The number of esters is 2. The standard InChI is InChI=1S/C79H128N12O33/c1-10-12-13-14-15-16-17-18-19-20-24-50(121-78-66(107)67(49(98)35-118-78)124-77-58(83-41(7)95)63(104)60(101)51(34-92)122-77)62(103)75(115)89-56(38(4)94)72(112)90-57-39(5)119-76(116)47(23-21-22-31-80)86-74(114)59(40(6)120-79-65(106)64(105)61(102)52(123-79)36-117-42(8)96)91(9)54(100)33-82-68(108)46(29-30-53(81)99)85-69(109)45(11-2)84-70(110)48(32-43-25-27-44(97)28-26-43)87-71(111)55(37(3)93)88-73(57)113/h11,25-28,37-40,46-52,55-67,77-79,92-94,97-98,101-107H,10,12-24,29-36,80H2,1-9H3,(H2,81,99)(H,82,108)(H,83,95)(H,84,110)(H,85,109)(H,86,114)(H,87,111)(H,88,113)(H,89,115)(H,90,112). The average Bonchev–Trinajstić information content (AvgIpc) is 0.792. The molecule has 1 aromatic rings. The first-order chi connectivity index (χ1) is 58.6. The van der Waals surface area contributed by atoms with Crippen molar-refractivity contribution in [2.24, 2.45) is 11.5 Å². The van der Waals surface area contributed by atoms with Crippen molar-refractivity contribution < 1.29 is 162 Å². The maximum atomic E-state index is 15.3. The fourth-order valence-electron chi connectivity index (χ4n) is 14.1. The minimum atomic E-state index is -2.39. The number of rotatable bonds is 38. The summed E-state index contributed by atoms with van der Waals surface area (Å²) in [4.78, 5) is 185. The second-order valence-electron chi connectivity index (χ2n) is 31.3. The Kier molecular flexibility index (Phi) is 44.6. The van der Waals surface area contributed by atoms with E-state index < -0.39 is 300 Å². The number of phenols is 1. The zero-order valence-electron chi connectivity index (χ0n) is 71.1. The molecule has 5 rings (SSSR count). The first-order valence-electron chi connectivity index (χ1n) is 41.6. The van der Waals surface area contributed by atoms with Crippen molar-refractivity contribution >= 4 is 76.9 Å². The number of cyclic esters (lactones) is 1. The largest absolute Gasteiger partial charge is 0.508 e. The SMILES string of the molecule is CC=C1NC(=O)C(Cc2ccc(O)cc2)NC(=O)C(C(C)O)NC(=O)C(NC(=O)C(NC(=O)C(O)C(CCCCCCCCCCCC)OC2OCC(O)C(OC3OC(CO)C(O)C(O)C3NC(C)=O)C2O)C(C)O)C(C)OC(=O)C(CCCCN)NC(=O)C(C(C)OC2OC(COC(C)=O)C(O)C(O)C2O)N(C)C(=O)CNC(=O)C(CCC(N)=O)NC1=O. The number of phenolic OH excluding ortho intramolecular Hbond substituents is 1. The van der Waals surface area contributed by atoms with Gasteiger partial charge < -0.3 is 163 Å². The topological polar surface area (TPSA) is 702 Å². The van der Waals surface area contributed by atoms with E-state index in [4.69, 9.17) is 49.4 Å². The highest BCUT2D eigenvalue weighted by Gasteiger charge is 2.52. The molecule has 124 heavy (non-hydrogen) atoms. The molecular formula is C79H128N12O33. The Balaban J connectivity index is 1.62. The summed E-state index contributed by atoms with van der Waals surface area (Å²) in [7, 11) is 1.01. The fraction of sp³-hybridized carbons (Fsp3) is 0.734. The number of primary amides is 1. The number of nitrogens with two attached hydrogens (primary N) is 2. The van der Waals surface area contributed by atoms with E-state index in [1.807, 2.05) is 0 Å². The number of likely N-dealkylation sites (N-methyl/N-ethyl adjacent to an activating group) is 1. The summed E-state index contributed by atoms with van der Waals surface area (Å²) in [5, 5.41) is 154. The molecule has 1 aromatic carbocycles. The summed E-state index contributed by atoms with van der Waals surface area (Å²) in [6.07, 6.45) is -28.9. The first kappa shape index (κ1) is 106. The maximum absolute atomic E-state index is 15.3. The Morgan fingerprint density at radius 2 is 1.30 bits per heavy atom. The summed E-state index contributed by atoms with van der Waals surface area (Å²) in [6.45, 7) is 6.23. The van der Waals surface area contributed by atoms with Crippen molar-refractivity contribution in [2.75, 3.05) is 40.0 Å². The Bertz CT molecular complexity index is 3680. The highest BCUT2D eigenvalue weighted by atomic mass is 16.7. The maximum Gasteiger partial charge on any atom is 0.328 e. The zero-order valence-corrected chi connectivity index (χ0v) is 71.1. The van der Waals surface area contributed by atoms with Crippen LogP contribution in [0.2, 0.25) is 0 Å². The van der Waals surface area contributed by atoms with Gasteiger partial charge in [-0.1, -0.05) is 89.3 Å². The predicted molar refractivity (Wildman–Crippen MR) is 428 cm³/mol. The Hall–Kier alpha value is -8.85. The molecule has 0 bridgehead atoms. The first-order valence-corrected chi connectivity index (χ1v) is 41.6. The van der Waals surface area contributed by atoms with Crippen LogP contribution in [-0.4, -0.2) is 348 Å². The van der Waals surface area contributed by atoms with Gasteiger partial charge in [0.2, 0.25) is 53.2 Å². The lowest BCUT2D eigenvalue weighted by molar-refractivity contribution is -0.339. The number of carbonyl (C=O) groups is 13. The molecule has 27 atom stereocenters. The lowest BCUT2D eigenvalue weighted by Gasteiger charge is -2.46. The molecule has 0 radical (unpaired) electrons. The molecule has 25 N–H and O–H groups in total. The number of carbonyl (C=O) groups excluding carboxylic acids is 13. The molecule has 45 nitrogen and oxygen atoms in total. The Morgan fingerprint density at radius 1 is 0.677 bits per heavy atom. The van der Waals surface area contributed by atoms with Crippen molar-refractivity contribution in [3.63, 3.8) is 0 Å². The third kappa shape index (κ3) is 32.2. The number of aromatic hydroxyl groups is 1. The predicted octanol–water partition coefficient (Wildman–Crippen LogP) is -7.85. The monoisotopic (exact) mass is 1770 g/mol. The van der Waals surface area contributed by atoms with Crippen LogP contribution in [0.3, 0.4) is 0 Å². The van der Waals surface area contributed by atoms with Gasteiger partial charge in [-0.05, 0) is 91.0 Å². The molecule has 0 spiro atoms. The molecule has 0 aromatic heterocycles. The van der Waals surface area contributed by atoms with Gasteiger partial charge in [0.25, 0.3) is 11.8 Å². The van der Waals surface area contributed by atoms with E-state index in [0.29, 0.717) is 17.7 Å². The van der Waals surface area contributed by atoms with Crippen molar-refractivity contribution in [3.05, 3.63) is 41.6 Å². The smallest absolute Gasteiger partial charge is 0.328 e. The average molecular weight is 1770 g/mol. The van der Waals surface area contributed by atoms with Gasteiger partial charge in [0, 0.05) is 33.7 Å². The van der Waals surface area contributed by atoms with Gasteiger partial charge in [-0.2, -0.15) is 0 Å². The summed E-state index contributed by atoms with van der Waals surface area (Å²) < 4.78 is 46.1. The molecule has 11 amide bonds. The number of aliphatic hydroxyl groups excluding tert-OH is 11. The van der Waals surface area contributed by atoms with E-state index in [1.165, 1.54) is 31.2 Å². The van der Waals surface area contributed by atoms with Crippen LogP contribution in [0.1, 0.15) is 164 Å². The third-order valence-corrected chi connectivity index (χ3v) is 21.3. The number of aliphatic hydroxyl groups is 11. The van der Waals surface area contributed by atoms with E-state index in [9.17, 15) is 104 Å². The second-order valence-corrected chi connectivity index (χ2v) is 31.3. The van der Waals surface area contributed by atoms with Gasteiger partial charge in [0.15, 0.2) is 25.0 Å². The molecule has 702 valence electrons. The lowest BCUT2D eigenvalue weighted by Crippen LogP contribution is -2.67. The van der Waals surface area contributed by atoms with Crippen LogP contribution in [0.15, 0.2) is 36.0 Å². The molecule has 27 unspecified atom stereocenters. The summed E-state index contributed by atoms with van der Waals surface area (Å²) in [5.74, 6) is -16.2. The molecule has 4 aliphatic heterocycles. The van der Waals surface area contributed by atoms with Crippen LogP contribution in [0.5, 0.6) is 5.75 Å². The van der Waals surface area contributed by atoms with Crippen molar-refractivity contribution in [3.8, 4) is 5.75 Å². The van der Waals surface area contributed by atoms with Crippen LogP contribution < -0.4 is 59.3 Å². The van der Waals surface area contributed by atoms with Crippen LogP contribution in [0.25, 0.3) is 0 Å². The Labute approximate surface area is 716 Å². The van der Waals surface area contributed by atoms with Crippen LogP contribution in [0.4, 0.5) is 0 Å². The van der Waals surface area contributed by atoms with Crippen LogP contribution in [0, 0.1) is 0 Å². The number of benzene rings is 1. The number of amides is 11. The van der Waals surface area contributed by atoms with Gasteiger partial charge in [-0.3, -0.25) is 57.5 Å². The van der Waals surface area contributed by atoms with E-state index in [1.54, 1.807) is 0 Å². The molecule has 45 heteroatoms.